The predicted octanol–water partition coefficient (Wildman–Crippen LogP) is -1.55. The van der Waals surface area contributed by atoms with Gasteiger partial charge in [0.2, 0.25) is 6.41 Å². The number of hydrogen-bond acceptors (Lipinski definition) is 7. The number of aliphatic hydroxyl groups excluding tert-OH is 3. The molecule has 3 rings (SSSR count). The fourth-order valence-electron chi connectivity index (χ4n) is 2.62. The van der Waals surface area contributed by atoms with Gasteiger partial charge in [0.25, 0.3) is 0 Å². The zero-order valence-corrected chi connectivity index (χ0v) is 11.3. The first kappa shape index (κ1) is 14.1. The lowest BCUT2D eigenvalue weighted by Crippen LogP contribution is -2.33. The minimum absolute atomic E-state index is 0.386. The molecule has 9 heteroatoms. The Labute approximate surface area is 119 Å². The van der Waals surface area contributed by atoms with Crippen LogP contribution in [0.1, 0.15) is 18.8 Å². The molecule has 21 heavy (non-hydrogen) atoms. The second kappa shape index (κ2) is 5.19. The highest BCUT2D eigenvalue weighted by Crippen LogP contribution is 2.32. The highest BCUT2D eigenvalue weighted by molar-refractivity contribution is 5.80. The van der Waals surface area contributed by atoms with Crippen LogP contribution in [0.15, 0.2) is 6.33 Å². The van der Waals surface area contributed by atoms with Crippen LogP contribution in [0.5, 0.6) is 0 Å². The number of ether oxygens (including phenoxy) is 1. The van der Waals surface area contributed by atoms with Crippen LogP contribution in [0, 0.1) is 0 Å². The van der Waals surface area contributed by atoms with Gasteiger partial charge in [-0.05, 0) is 6.42 Å². The summed E-state index contributed by atoms with van der Waals surface area (Å²) >= 11 is 0. The number of hydrogen-bond donors (Lipinski definition) is 3. The fourth-order valence-corrected chi connectivity index (χ4v) is 2.62. The number of carbonyl (C=O) groups is 1. The maximum Gasteiger partial charge on any atom is 0.236 e. The second-order valence-electron chi connectivity index (χ2n) is 4.90. The van der Waals surface area contributed by atoms with Crippen molar-refractivity contribution in [1.29, 1.82) is 0 Å². The van der Waals surface area contributed by atoms with Crippen molar-refractivity contribution < 1.29 is 24.9 Å². The molecule has 0 unspecified atom stereocenters. The van der Waals surface area contributed by atoms with Crippen molar-refractivity contribution in [3.8, 4) is 0 Å². The normalized spacial score (nSPS) is 29.3. The van der Waals surface area contributed by atoms with Crippen LogP contribution >= 0.6 is 0 Å². The molecule has 0 aliphatic carbocycles. The van der Waals surface area contributed by atoms with Crippen LogP contribution in [0.3, 0.4) is 0 Å². The SMILES string of the molecule is CCc1nn(C=O)c2c1ncn2[C@@H]1O[C@H](CO)[C@@H](O)[C@H]1O. The van der Waals surface area contributed by atoms with Gasteiger partial charge in [0.15, 0.2) is 11.9 Å². The summed E-state index contributed by atoms with van der Waals surface area (Å²) in [5.41, 5.74) is 1.58. The fraction of sp³-hybridized carbons (Fsp3) is 0.583. The smallest absolute Gasteiger partial charge is 0.236 e. The van der Waals surface area contributed by atoms with Gasteiger partial charge in [-0.3, -0.25) is 9.36 Å². The lowest BCUT2D eigenvalue weighted by Gasteiger charge is -2.16. The van der Waals surface area contributed by atoms with Crippen LogP contribution in [-0.4, -0.2) is 66.0 Å². The summed E-state index contributed by atoms with van der Waals surface area (Å²) in [6, 6.07) is 0. The van der Waals surface area contributed by atoms with Gasteiger partial charge in [-0.15, -0.1) is 0 Å². The molecule has 1 saturated heterocycles. The summed E-state index contributed by atoms with van der Waals surface area (Å²) < 4.78 is 8.01. The van der Waals surface area contributed by atoms with Crippen molar-refractivity contribution in [3.05, 3.63) is 12.0 Å². The molecule has 4 atom stereocenters. The van der Waals surface area contributed by atoms with E-state index in [1.54, 1.807) is 0 Å². The molecule has 3 N–H and O–H groups in total. The lowest BCUT2D eigenvalue weighted by atomic mass is 10.1. The maximum atomic E-state index is 11.1. The van der Waals surface area contributed by atoms with Gasteiger partial charge in [0.05, 0.1) is 18.6 Å². The highest BCUT2D eigenvalue weighted by atomic mass is 16.6. The minimum Gasteiger partial charge on any atom is -0.394 e. The van der Waals surface area contributed by atoms with E-state index in [4.69, 9.17) is 9.84 Å². The average Bonchev–Trinajstić information content (AvgIpc) is 3.14. The van der Waals surface area contributed by atoms with E-state index in [0.29, 0.717) is 29.7 Å². The topological polar surface area (TPSA) is 123 Å². The standard InChI is InChI=1S/C12H16N4O5/c1-2-6-8-11(16(5-18)14-6)15(4-13-8)12-10(20)9(19)7(3-17)21-12/h4-5,7,9-10,12,17,19-20H,2-3H2,1H3/t7-,9-,10-,12-/m1/s1. The summed E-state index contributed by atoms with van der Waals surface area (Å²) in [6.45, 7) is 1.47. The average molecular weight is 296 g/mol. The Hall–Kier alpha value is -1.81. The van der Waals surface area contributed by atoms with E-state index in [0.717, 1.165) is 4.68 Å². The molecule has 0 bridgehead atoms. The Morgan fingerprint density at radius 3 is 2.76 bits per heavy atom. The Morgan fingerprint density at radius 2 is 2.19 bits per heavy atom. The summed E-state index contributed by atoms with van der Waals surface area (Å²) in [4.78, 5) is 15.3. The van der Waals surface area contributed by atoms with Crippen LogP contribution in [0.2, 0.25) is 0 Å². The first-order valence-corrected chi connectivity index (χ1v) is 6.64. The second-order valence-corrected chi connectivity index (χ2v) is 4.90. The van der Waals surface area contributed by atoms with E-state index in [1.807, 2.05) is 6.92 Å². The molecule has 1 fully saturated rings. The molecule has 1 aliphatic rings. The van der Waals surface area contributed by atoms with Crippen molar-refractivity contribution in [3.63, 3.8) is 0 Å². The maximum absolute atomic E-state index is 11.1. The number of fused-ring (bicyclic) bond motifs is 1. The molecule has 0 saturated carbocycles. The predicted molar refractivity (Wildman–Crippen MR) is 70.1 cm³/mol. The van der Waals surface area contributed by atoms with Crippen molar-refractivity contribution >= 4 is 17.6 Å². The van der Waals surface area contributed by atoms with Crippen molar-refractivity contribution in [2.45, 2.75) is 37.9 Å². The van der Waals surface area contributed by atoms with Gasteiger partial charge in [0.1, 0.15) is 23.8 Å². The monoisotopic (exact) mass is 296 g/mol. The van der Waals surface area contributed by atoms with Gasteiger partial charge in [0, 0.05) is 0 Å². The van der Waals surface area contributed by atoms with Crippen molar-refractivity contribution in [2.24, 2.45) is 0 Å². The quantitative estimate of drug-likeness (QED) is 0.583. The summed E-state index contributed by atoms with van der Waals surface area (Å²) in [7, 11) is 0. The van der Waals surface area contributed by atoms with Crippen LogP contribution in [-0.2, 0) is 16.0 Å². The van der Waals surface area contributed by atoms with E-state index >= 15 is 0 Å². The first-order valence-electron chi connectivity index (χ1n) is 6.64. The third-order valence-corrected chi connectivity index (χ3v) is 3.71. The largest absolute Gasteiger partial charge is 0.394 e. The van der Waals surface area contributed by atoms with E-state index in [2.05, 4.69) is 10.1 Å². The number of carbonyl (C=O) groups excluding carboxylic acids is 1. The third kappa shape index (κ3) is 1.97. The molecule has 1 aliphatic heterocycles. The Bertz CT molecular complexity index is 666. The molecule has 9 nitrogen and oxygen atoms in total. The molecular formula is C12H16N4O5. The number of nitrogens with zero attached hydrogens (tertiary/aromatic N) is 4. The van der Waals surface area contributed by atoms with Crippen LogP contribution in [0.25, 0.3) is 11.2 Å². The Balaban J connectivity index is 2.09. The van der Waals surface area contributed by atoms with Gasteiger partial charge < -0.3 is 20.1 Å². The molecule has 2 aromatic heterocycles. The van der Waals surface area contributed by atoms with E-state index in [1.165, 1.54) is 10.9 Å². The van der Waals surface area contributed by atoms with Gasteiger partial charge in [-0.25, -0.2) is 4.98 Å². The van der Waals surface area contributed by atoms with Gasteiger partial charge in [-0.2, -0.15) is 9.78 Å². The highest BCUT2D eigenvalue weighted by Gasteiger charge is 2.44. The van der Waals surface area contributed by atoms with Crippen LogP contribution in [0.4, 0.5) is 0 Å². The van der Waals surface area contributed by atoms with Crippen LogP contribution < -0.4 is 0 Å². The molecule has 0 radical (unpaired) electrons. The minimum atomic E-state index is -1.24. The lowest BCUT2D eigenvalue weighted by molar-refractivity contribution is -0.0512. The number of imidazole rings is 1. The molecule has 2 aromatic rings. The first-order chi connectivity index (χ1) is 10.1. The van der Waals surface area contributed by atoms with E-state index < -0.39 is 31.1 Å². The Kier molecular flexibility index (Phi) is 3.49. The summed E-state index contributed by atoms with van der Waals surface area (Å²) in [6.07, 6.45) is -1.71. The third-order valence-electron chi connectivity index (χ3n) is 3.71. The van der Waals surface area contributed by atoms with Gasteiger partial charge >= 0.3 is 0 Å². The molecule has 0 spiro atoms. The molecular weight excluding hydrogens is 280 g/mol. The number of aliphatic hydroxyl groups is 3. The van der Waals surface area contributed by atoms with Crippen molar-refractivity contribution in [1.82, 2.24) is 19.3 Å². The summed E-state index contributed by atoms with van der Waals surface area (Å²) in [5, 5.41) is 33.1. The zero-order valence-electron chi connectivity index (χ0n) is 11.3. The molecule has 0 aromatic carbocycles. The van der Waals surface area contributed by atoms with E-state index in [9.17, 15) is 15.0 Å². The molecule has 0 amide bonds. The zero-order chi connectivity index (χ0) is 15.1. The number of aryl methyl sites for hydroxylation is 1. The molecule has 114 valence electrons. The summed E-state index contributed by atoms with van der Waals surface area (Å²) in [5.74, 6) is 0. The van der Waals surface area contributed by atoms with Crippen molar-refractivity contribution in [2.75, 3.05) is 6.61 Å². The van der Waals surface area contributed by atoms with Gasteiger partial charge in [-0.1, -0.05) is 6.92 Å². The Morgan fingerprint density at radius 1 is 1.43 bits per heavy atom. The number of rotatable bonds is 4. The number of aromatic nitrogens is 4. The molecule has 3 heterocycles. The van der Waals surface area contributed by atoms with E-state index in [-0.39, 0.29) is 0 Å².